The van der Waals surface area contributed by atoms with Crippen molar-refractivity contribution in [2.45, 2.75) is 6.54 Å². The lowest BCUT2D eigenvalue weighted by Gasteiger charge is -2.22. The second-order valence-corrected chi connectivity index (χ2v) is 6.37. The van der Waals surface area contributed by atoms with Crippen LogP contribution in [0.25, 0.3) is 0 Å². The predicted molar refractivity (Wildman–Crippen MR) is 87.8 cm³/mol. The van der Waals surface area contributed by atoms with Gasteiger partial charge in [0.15, 0.2) is 0 Å². The van der Waals surface area contributed by atoms with Gasteiger partial charge in [-0.25, -0.2) is 4.98 Å². The van der Waals surface area contributed by atoms with Crippen molar-refractivity contribution in [2.24, 2.45) is 11.8 Å². The molecular weight excluding hydrogens is 302 g/mol. The Bertz CT molecular complexity index is 783. The minimum Gasteiger partial charge on any atom is -0.355 e. The predicted octanol–water partition coefficient (Wildman–Crippen LogP) is 1.44. The van der Waals surface area contributed by atoms with Crippen LogP contribution in [0.15, 0.2) is 42.9 Å². The van der Waals surface area contributed by atoms with Crippen LogP contribution in [0.1, 0.15) is 11.1 Å². The molecule has 2 aromatic heterocycles. The van der Waals surface area contributed by atoms with Gasteiger partial charge in [-0.15, -0.1) is 0 Å². The molecule has 0 aliphatic carbocycles. The first-order chi connectivity index (χ1) is 11.7. The first-order valence-corrected chi connectivity index (χ1v) is 8.03. The SMILES string of the molecule is N#Cc1ccc(N2C[C@H]3CN(Cc4cccnc4)C(=O)[C@H]3C2)nc1. The van der Waals surface area contributed by atoms with E-state index in [9.17, 15) is 4.79 Å². The van der Waals surface area contributed by atoms with E-state index in [4.69, 9.17) is 5.26 Å². The first-order valence-electron chi connectivity index (χ1n) is 8.03. The van der Waals surface area contributed by atoms with Crippen molar-refractivity contribution in [3.8, 4) is 6.07 Å². The van der Waals surface area contributed by atoms with E-state index in [1.54, 1.807) is 18.5 Å². The highest BCUT2D eigenvalue weighted by Gasteiger charge is 2.46. The summed E-state index contributed by atoms with van der Waals surface area (Å²) in [6.45, 7) is 2.95. The summed E-state index contributed by atoms with van der Waals surface area (Å²) < 4.78 is 0. The lowest BCUT2D eigenvalue weighted by atomic mass is 10.0. The van der Waals surface area contributed by atoms with Crippen LogP contribution in [-0.4, -0.2) is 40.4 Å². The van der Waals surface area contributed by atoms with Crippen LogP contribution in [0.3, 0.4) is 0 Å². The lowest BCUT2D eigenvalue weighted by Crippen LogP contribution is -2.32. The normalized spacial score (nSPS) is 22.5. The molecule has 0 N–H and O–H groups in total. The molecule has 0 saturated carbocycles. The van der Waals surface area contributed by atoms with Crippen molar-refractivity contribution >= 4 is 11.7 Å². The molecule has 2 saturated heterocycles. The number of anilines is 1. The second kappa shape index (κ2) is 5.93. The van der Waals surface area contributed by atoms with E-state index in [0.29, 0.717) is 24.6 Å². The summed E-state index contributed by atoms with van der Waals surface area (Å²) >= 11 is 0. The van der Waals surface area contributed by atoms with E-state index in [2.05, 4.69) is 20.9 Å². The number of likely N-dealkylation sites (tertiary alicyclic amines) is 1. The molecule has 4 rings (SSSR count). The van der Waals surface area contributed by atoms with Gasteiger partial charge in [-0.3, -0.25) is 9.78 Å². The number of aromatic nitrogens is 2. The Balaban J connectivity index is 1.43. The third-order valence-electron chi connectivity index (χ3n) is 4.82. The maximum atomic E-state index is 12.7. The zero-order chi connectivity index (χ0) is 16.5. The van der Waals surface area contributed by atoms with Gasteiger partial charge in [0, 0.05) is 50.7 Å². The smallest absolute Gasteiger partial charge is 0.228 e. The molecule has 24 heavy (non-hydrogen) atoms. The highest BCUT2D eigenvalue weighted by Crippen LogP contribution is 2.34. The Morgan fingerprint density at radius 3 is 2.79 bits per heavy atom. The number of nitrogens with zero attached hydrogens (tertiary/aromatic N) is 5. The van der Waals surface area contributed by atoms with Crippen LogP contribution in [0.5, 0.6) is 0 Å². The van der Waals surface area contributed by atoms with Gasteiger partial charge >= 0.3 is 0 Å². The minimum absolute atomic E-state index is 0.0408. The number of fused-ring (bicyclic) bond motifs is 1. The molecule has 2 aliphatic heterocycles. The molecule has 0 bridgehead atoms. The number of carbonyl (C=O) groups excluding carboxylic acids is 1. The standard InChI is InChI=1S/C18H17N5O/c19-6-13-3-4-17(21-8-13)22-10-15-11-23(18(24)16(15)12-22)9-14-2-1-5-20-7-14/h1-5,7-8,15-16H,9-12H2/t15-,16-/m0/s1. The largest absolute Gasteiger partial charge is 0.355 e. The molecule has 6 nitrogen and oxygen atoms in total. The number of hydrogen-bond acceptors (Lipinski definition) is 5. The fourth-order valence-electron chi connectivity index (χ4n) is 3.62. The molecular formula is C18H17N5O. The summed E-state index contributed by atoms with van der Waals surface area (Å²) in [6.07, 6.45) is 5.14. The van der Waals surface area contributed by atoms with Gasteiger partial charge in [0.2, 0.25) is 5.91 Å². The number of carbonyl (C=O) groups is 1. The highest BCUT2D eigenvalue weighted by molar-refractivity contribution is 5.83. The Kier molecular flexibility index (Phi) is 3.62. The fraction of sp³-hybridized carbons (Fsp3) is 0.333. The van der Waals surface area contributed by atoms with Crippen molar-refractivity contribution in [3.05, 3.63) is 54.0 Å². The first kappa shape index (κ1) is 14.6. The van der Waals surface area contributed by atoms with Crippen molar-refractivity contribution < 1.29 is 4.79 Å². The Morgan fingerprint density at radius 2 is 2.12 bits per heavy atom. The Labute approximate surface area is 140 Å². The molecule has 0 radical (unpaired) electrons. The van der Waals surface area contributed by atoms with E-state index in [1.165, 1.54) is 0 Å². The molecule has 6 heteroatoms. The number of rotatable bonds is 3. The molecule has 2 aromatic rings. The van der Waals surface area contributed by atoms with Gasteiger partial charge in [-0.05, 0) is 23.8 Å². The van der Waals surface area contributed by atoms with E-state index in [-0.39, 0.29) is 11.8 Å². The molecule has 0 aromatic carbocycles. The molecule has 0 spiro atoms. The molecule has 2 aliphatic rings. The summed E-state index contributed by atoms with van der Waals surface area (Å²) in [5.74, 6) is 1.45. The van der Waals surface area contributed by atoms with Crippen LogP contribution < -0.4 is 4.90 Å². The zero-order valence-electron chi connectivity index (χ0n) is 13.2. The van der Waals surface area contributed by atoms with Crippen molar-refractivity contribution in [3.63, 3.8) is 0 Å². The Hall–Kier alpha value is -2.94. The topological polar surface area (TPSA) is 73.1 Å². The fourth-order valence-corrected chi connectivity index (χ4v) is 3.62. The third kappa shape index (κ3) is 2.58. The van der Waals surface area contributed by atoms with E-state index in [1.807, 2.05) is 29.3 Å². The maximum absolute atomic E-state index is 12.7. The van der Waals surface area contributed by atoms with Gasteiger partial charge in [-0.1, -0.05) is 6.07 Å². The van der Waals surface area contributed by atoms with Crippen LogP contribution >= 0.6 is 0 Å². The highest BCUT2D eigenvalue weighted by atomic mass is 16.2. The molecule has 1 amide bonds. The molecule has 0 unspecified atom stereocenters. The van der Waals surface area contributed by atoms with Crippen LogP contribution in [0.2, 0.25) is 0 Å². The number of hydrogen-bond donors (Lipinski definition) is 0. The third-order valence-corrected chi connectivity index (χ3v) is 4.82. The van der Waals surface area contributed by atoms with Gasteiger partial charge in [0.1, 0.15) is 11.9 Å². The maximum Gasteiger partial charge on any atom is 0.228 e. The van der Waals surface area contributed by atoms with Crippen LogP contribution in [-0.2, 0) is 11.3 Å². The van der Waals surface area contributed by atoms with Crippen molar-refractivity contribution in [1.82, 2.24) is 14.9 Å². The minimum atomic E-state index is 0.0408. The lowest BCUT2D eigenvalue weighted by molar-refractivity contribution is -0.131. The summed E-state index contributed by atoms with van der Waals surface area (Å²) in [4.78, 5) is 25.2. The van der Waals surface area contributed by atoms with Crippen LogP contribution in [0.4, 0.5) is 5.82 Å². The van der Waals surface area contributed by atoms with Crippen molar-refractivity contribution in [1.29, 1.82) is 5.26 Å². The zero-order valence-corrected chi connectivity index (χ0v) is 13.2. The van der Waals surface area contributed by atoms with Gasteiger partial charge in [0.25, 0.3) is 0 Å². The summed E-state index contributed by atoms with van der Waals surface area (Å²) in [5.41, 5.74) is 1.62. The summed E-state index contributed by atoms with van der Waals surface area (Å²) in [7, 11) is 0. The summed E-state index contributed by atoms with van der Waals surface area (Å²) in [5, 5.41) is 8.85. The van der Waals surface area contributed by atoms with Gasteiger partial charge in [0.05, 0.1) is 11.5 Å². The van der Waals surface area contributed by atoms with Crippen LogP contribution in [0, 0.1) is 23.2 Å². The number of nitriles is 1. The Morgan fingerprint density at radius 1 is 1.21 bits per heavy atom. The van der Waals surface area contributed by atoms with E-state index < -0.39 is 0 Å². The monoisotopic (exact) mass is 319 g/mol. The second-order valence-electron chi connectivity index (χ2n) is 6.37. The number of amides is 1. The molecule has 120 valence electrons. The van der Waals surface area contributed by atoms with Crippen molar-refractivity contribution in [2.75, 3.05) is 24.5 Å². The number of pyridine rings is 2. The molecule has 2 fully saturated rings. The average molecular weight is 319 g/mol. The molecule has 4 heterocycles. The van der Waals surface area contributed by atoms with Gasteiger partial charge in [-0.2, -0.15) is 5.26 Å². The summed E-state index contributed by atoms with van der Waals surface area (Å²) in [6, 6.07) is 9.60. The van der Waals surface area contributed by atoms with E-state index in [0.717, 1.165) is 24.5 Å². The quantitative estimate of drug-likeness (QED) is 0.856. The molecule has 2 atom stereocenters. The van der Waals surface area contributed by atoms with E-state index >= 15 is 0 Å². The average Bonchev–Trinajstić information content (AvgIpc) is 3.16. The van der Waals surface area contributed by atoms with Gasteiger partial charge < -0.3 is 9.80 Å².